The zero-order chi connectivity index (χ0) is 19.1. The molecular formula is C21H34IN3O3. The molecule has 2 aliphatic heterocycles. The van der Waals surface area contributed by atoms with Gasteiger partial charge in [0, 0.05) is 33.3 Å². The van der Waals surface area contributed by atoms with E-state index in [1.54, 1.807) is 7.11 Å². The summed E-state index contributed by atoms with van der Waals surface area (Å²) >= 11 is 0. The fraction of sp³-hybridized carbons (Fsp3) is 0.667. The number of nitrogens with one attached hydrogen (secondary N) is 1. The lowest BCUT2D eigenvalue weighted by atomic mass is 9.98. The molecule has 0 bridgehead atoms. The van der Waals surface area contributed by atoms with Crippen LogP contribution in [0.3, 0.4) is 0 Å². The molecule has 3 rings (SSSR count). The summed E-state index contributed by atoms with van der Waals surface area (Å²) in [6.45, 7) is 6.46. The second-order valence-corrected chi connectivity index (χ2v) is 7.34. The van der Waals surface area contributed by atoms with E-state index < -0.39 is 0 Å². The normalized spacial score (nSPS) is 23.8. The van der Waals surface area contributed by atoms with Gasteiger partial charge in [-0.15, -0.1) is 24.0 Å². The Labute approximate surface area is 186 Å². The van der Waals surface area contributed by atoms with Gasteiger partial charge in [-0.05, 0) is 42.9 Å². The van der Waals surface area contributed by atoms with Gasteiger partial charge in [0.05, 0.1) is 19.8 Å². The Bertz CT molecular complexity index is 605. The molecule has 6 nitrogen and oxygen atoms in total. The average molecular weight is 503 g/mol. The van der Waals surface area contributed by atoms with Gasteiger partial charge < -0.3 is 24.4 Å². The van der Waals surface area contributed by atoms with Crippen molar-refractivity contribution in [3.63, 3.8) is 0 Å². The van der Waals surface area contributed by atoms with Gasteiger partial charge in [-0.25, -0.2) is 0 Å². The second-order valence-electron chi connectivity index (χ2n) is 7.34. The Morgan fingerprint density at radius 3 is 2.64 bits per heavy atom. The van der Waals surface area contributed by atoms with Crippen LogP contribution in [-0.4, -0.2) is 70.1 Å². The molecule has 2 fully saturated rings. The van der Waals surface area contributed by atoms with Crippen molar-refractivity contribution >= 4 is 29.9 Å². The standard InChI is InChI=1S/C21H33N3O3.HI/c1-16(17-6-8-18(25-3)9-7-17)10-11-23-21(22-2)24-12-14-27-20(15-24)19-5-4-13-26-19;/h6-9,16,19-20H,4-5,10-15H2,1-3H3,(H,22,23);1H. The van der Waals surface area contributed by atoms with Gasteiger partial charge in [-0.3, -0.25) is 4.99 Å². The van der Waals surface area contributed by atoms with E-state index in [1.807, 2.05) is 19.2 Å². The Balaban J connectivity index is 0.00000280. The van der Waals surface area contributed by atoms with Crippen molar-refractivity contribution in [2.45, 2.75) is 44.3 Å². The minimum atomic E-state index is 0. The lowest BCUT2D eigenvalue weighted by Gasteiger charge is -2.37. The molecule has 1 N–H and O–H groups in total. The van der Waals surface area contributed by atoms with E-state index in [2.05, 4.69) is 34.3 Å². The number of ether oxygens (including phenoxy) is 3. The van der Waals surface area contributed by atoms with Gasteiger partial charge >= 0.3 is 0 Å². The van der Waals surface area contributed by atoms with E-state index in [9.17, 15) is 0 Å². The summed E-state index contributed by atoms with van der Waals surface area (Å²) in [5.41, 5.74) is 1.33. The molecule has 28 heavy (non-hydrogen) atoms. The highest BCUT2D eigenvalue weighted by molar-refractivity contribution is 14.0. The summed E-state index contributed by atoms with van der Waals surface area (Å²) in [6.07, 6.45) is 3.68. The van der Waals surface area contributed by atoms with Crippen molar-refractivity contribution in [1.82, 2.24) is 10.2 Å². The molecule has 3 unspecified atom stereocenters. The number of nitrogens with zero attached hydrogens (tertiary/aromatic N) is 2. The van der Waals surface area contributed by atoms with Crippen LogP contribution in [0.15, 0.2) is 29.3 Å². The third-order valence-corrected chi connectivity index (χ3v) is 5.53. The number of halogens is 1. The number of methoxy groups -OCH3 is 1. The molecule has 0 aliphatic carbocycles. The minimum absolute atomic E-state index is 0. The van der Waals surface area contributed by atoms with E-state index in [0.717, 1.165) is 63.8 Å². The first kappa shape index (κ1) is 23.2. The molecule has 1 aromatic rings. The molecule has 3 atom stereocenters. The number of aliphatic imine (C=N–C) groups is 1. The summed E-state index contributed by atoms with van der Waals surface area (Å²) in [5.74, 6) is 2.34. The van der Waals surface area contributed by atoms with Crippen molar-refractivity contribution in [1.29, 1.82) is 0 Å². The molecule has 0 amide bonds. The molecule has 2 heterocycles. The highest BCUT2D eigenvalue weighted by atomic mass is 127. The minimum Gasteiger partial charge on any atom is -0.497 e. The summed E-state index contributed by atoms with van der Waals surface area (Å²) in [4.78, 5) is 6.78. The summed E-state index contributed by atoms with van der Waals surface area (Å²) in [5, 5.41) is 3.53. The molecule has 2 aliphatic rings. The number of benzene rings is 1. The van der Waals surface area contributed by atoms with Gasteiger partial charge in [-0.1, -0.05) is 19.1 Å². The second kappa shape index (κ2) is 11.8. The van der Waals surface area contributed by atoms with Crippen molar-refractivity contribution in [3.8, 4) is 5.75 Å². The van der Waals surface area contributed by atoms with Crippen molar-refractivity contribution < 1.29 is 14.2 Å². The predicted molar refractivity (Wildman–Crippen MR) is 123 cm³/mol. The number of rotatable bonds is 6. The summed E-state index contributed by atoms with van der Waals surface area (Å²) in [6, 6.07) is 8.34. The van der Waals surface area contributed by atoms with E-state index in [1.165, 1.54) is 5.56 Å². The molecular weight excluding hydrogens is 469 g/mol. The monoisotopic (exact) mass is 503 g/mol. The van der Waals surface area contributed by atoms with Gasteiger partial charge in [0.25, 0.3) is 0 Å². The van der Waals surface area contributed by atoms with Crippen LogP contribution >= 0.6 is 24.0 Å². The molecule has 2 saturated heterocycles. The zero-order valence-electron chi connectivity index (χ0n) is 17.2. The summed E-state index contributed by atoms with van der Waals surface area (Å²) in [7, 11) is 3.55. The fourth-order valence-electron chi connectivity index (χ4n) is 3.82. The molecule has 7 heteroatoms. The van der Waals surface area contributed by atoms with Crippen molar-refractivity contribution in [3.05, 3.63) is 29.8 Å². The van der Waals surface area contributed by atoms with Gasteiger partial charge in [0.2, 0.25) is 0 Å². The van der Waals surface area contributed by atoms with Gasteiger partial charge in [0.15, 0.2) is 5.96 Å². The molecule has 0 aromatic heterocycles. The van der Waals surface area contributed by atoms with Crippen LogP contribution in [0.25, 0.3) is 0 Å². The lowest BCUT2D eigenvalue weighted by molar-refractivity contribution is -0.0816. The highest BCUT2D eigenvalue weighted by Crippen LogP contribution is 2.22. The van der Waals surface area contributed by atoms with Crippen LogP contribution < -0.4 is 10.1 Å². The van der Waals surface area contributed by atoms with Gasteiger partial charge in [-0.2, -0.15) is 0 Å². The molecule has 0 radical (unpaired) electrons. The number of guanidine groups is 1. The quantitative estimate of drug-likeness (QED) is 0.367. The van der Waals surface area contributed by atoms with Crippen LogP contribution in [0.5, 0.6) is 5.75 Å². The van der Waals surface area contributed by atoms with Crippen molar-refractivity contribution in [2.75, 3.05) is 47.0 Å². The fourth-order valence-corrected chi connectivity index (χ4v) is 3.82. The molecule has 158 valence electrons. The van der Waals surface area contributed by atoms with Crippen LogP contribution in [0.2, 0.25) is 0 Å². The van der Waals surface area contributed by atoms with Crippen LogP contribution in [0.4, 0.5) is 0 Å². The van der Waals surface area contributed by atoms with Gasteiger partial charge in [0.1, 0.15) is 11.9 Å². The molecule has 0 saturated carbocycles. The first-order valence-electron chi connectivity index (χ1n) is 10.0. The average Bonchev–Trinajstić information content (AvgIpc) is 3.26. The largest absolute Gasteiger partial charge is 0.497 e. The Morgan fingerprint density at radius 2 is 2.00 bits per heavy atom. The smallest absolute Gasteiger partial charge is 0.193 e. The Kier molecular flexibility index (Phi) is 9.81. The lowest BCUT2D eigenvalue weighted by Crippen LogP contribution is -2.53. The maximum atomic E-state index is 5.95. The molecule has 0 spiro atoms. The predicted octanol–water partition coefficient (Wildman–Crippen LogP) is 3.26. The SMILES string of the molecule is CN=C(NCCC(C)c1ccc(OC)cc1)N1CCOC(C2CCCO2)C1.I. The number of morpholine rings is 1. The zero-order valence-corrected chi connectivity index (χ0v) is 19.6. The molecule has 1 aromatic carbocycles. The third-order valence-electron chi connectivity index (χ3n) is 5.53. The number of hydrogen-bond acceptors (Lipinski definition) is 4. The van der Waals surface area contributed by atoms with E-state index in [-0.39, 0.29) is 36.2 Å². The highest BCUT2D eigenvalue weighted by Gasteiger charge is 2.32. The Hall–Kier alpha value is -1.06. The maximum Gasteiger partial charge on any atom is 0.193 e. The first-order chi connectivity index (χ1) is 13.2. The topological polar surface area (TPSA) is 55.3 Å². The van der Waals surface area contributed by atoms with E-state index in [4.69, 9.17) is 14.2 Å². The summed E-state index contributed by atoms with van der Waals surface area (Å²) < 4.78 is 17.0. The maximum absolute atomic E-state index is 5.95. The van der Waals surface area contributed by atoms with Crippen LogP contribution in [-0.2, 0) is 9.47 Å². The third kappa shape index (κ3) is 6.22. The van der Waals surface area contributed by atoms with Crippen LogP contribution in [0.1, 0.15) is 37.7 Å². The first-order valence-corrected chi connectivity index (χ1v) is 10.0. The van der Waals surface area contributed by atoms with E-state index >= 15 is 0 Å². The van der Waals surface area contributed by atoms with Crippen LogP contribution in [0, 0.1) is 0 Å². The van der Waals surface area contributed by atoms with E-state index in [0.29, 0.717) is 5.92 Å². The number of hydrogen-bond donors (Lipinski definition) is 1. The van der Waals surface area contributed by atoms with Crippen molar-refractivity contribution in [2.24, 2.45) is 4.99 Å². The Morgan fingerprint density at radius 1 is 1.25 bits per heavy atom.